The fourth-order valence-electron chi connectivity index (χ4n) is 3.41. The van der Waals surface area contributed by atoms with Crippen LogP contribution >= 0.6 is 0 Å². The Morgan fingerprint density at radius 2 is 1.95 bits per heavy atom. The zero-order valence-corrected chi connectivity index (χ0v) is 12.1. The Morgan fingerprint density at radius 3 is 2.52 bits per heavy atom. The third kappa shape index (κ3) is 2.52. The summed E-state index contributed by atoms with van der Waals surface area (Å²) < 4.78 is 0. The number of nitrogens with two attached hydrogens (primary N) is 2. The molecule has 1 aromatic carbocycles. The fraction of sp³-hybridized carbons (Fsp3) is 0.353. The molecule has 4 nitrogen and oxygen atoms in total. The number of benzene rings is 1. The summed E-state index contributed by atoms with van der Waals surface area (Å²) in [4.78, 5) is 4.18. The molecule has 1 fully saturated rings. The van der Waals surface area contributed by atoms with E-state index >= 15 is 0 Å². The molecule has 1 atom stereocenters. The highest BCUT2D eigenvalue weighted by molar-refractivity contribution is 5.45. The maximum atomic E-state index is 6.06. The van der Waals surface area contributed by atoms with E-state index in [9.17, 15) is 0 Å². The lowest BCUT2D eigenvalue weighted by molar-refractivity contribution is 0.168. The van der Waals surface area contributed by atoms with E-state index in [2.05, 4.69) is 40.7 Å². The molecule has 5 N–H and O–H groups in total. The fourth-order valence-corrected chi connectivity index (χ4v) is 3.41. The van der Waals surface area contributed by atoms with E-state index < -0.39 is 0 Å². The standard InChI is InChI=1S/C17H22N4/c18-15-7-10-20-12-13(15)11-16(21-19)17(8-4-9-17)14-5-2-1-3-6-14/h1-3,5-7,10,12,16,21H,4,8-9,11,19H2,(H2,18,20). The Bertz CT molecular complexity index is 593. The van der Waals surface area contributed by atoms with Crippen LogP contribution in [0.3, 0.4) is 0 Å². The van der Waals surface area contributed by atoms with Gasteiger partial charge in [-0.2, -0.15) is 0 Å². The van der Waals surface area contributed by atoms with Crippen molar-refractivity contribution in [2.75, 3.05) is 5.73 Å². The second kappa shape index (κ2) is 5.84. The smallest absolute Gasteiger partial charge is 0.0378 e. The Hall–Kier alpha value is -1.91. The maximum absolute atomic E-state index is 6.06. The maximum Gasteiger partial charge on any atom is 0.0378 e. The molecule has 21 heavy (non-hydrogen) atoms. The molecular weight excluding hydrogens is 260 g/mol. The van der Waals surface area contributed by atoms with Gasteiger partial charge in [0, 0.05) is 29.5 Å². The van der Waals surface area contributed by atoms with Crippen LogP contribution in [0.4, 0.5) is 5.69 Å². The van der Waals surface area contributed by atoms with Gasteiger partial charge in [0.25, 0.3) is 0 Å². The average Bonchev–Trinajstić information content (AvgIpc) is 2.48. The molecular formula is C17H22N4. The molecule has 1 unspecified atom stereocenters. The van der Waals surface area contributed by atoms with Crippen LogP contribution in [0.15, 0.2) is 48.8 Å². The van der Waals surface area contributed by atoms with Gasteiger partial charge in [-0.05, 0) is 36.5 Å². The summed E-state index contributed by atoms with van der Waals surface area (Å²) in [5, 5.41) is 0. The van der Waals surface area contributed by atoms with Gasteiger partial charge < -0.3 is 5.73 Å². The van der Waals surface area contributed by atoms with Crippen molar-refractivity contribution < 1.29 is 0 Å². The van der Waals surface area contributed by atoms with E-state index in [1.807, 2.05) is 12.3 Å². The van der Waals surface area contributed by atoms with Gasteiger partial charge in [0.05, 0.1) is 0 Å². The van der Waals surface area contributed by atoms with Crippen LogP contribution in [0.25, 0.3) is 0 Å². The summed E-state index contributed by atoms with van der Waals surface area (Å²) in [6.45, 7) is 0. The summed E-state index contributed by atoms with van der Waals surface area (Å²) in [6, 6.07) is 12.7. The molecule has 1 aliphatic carbocycles. The van der Waals surface area contributed by atoms with E-state index in [0.29, 0.717) is 0 Å². The first kappa shape index (κ1) is 14.0. The number of nitrogens with zero attached hydrogens (tertiary/aromatic N) is 1. The highest BCUT2D eigenvalue weighted by Gasteiger charge is 2.45. The first-order valence-electron chi connectivity index (χ1n) is 7.46. The molecule has 0 radical (unpaired) electrons. The first-order valence-corrected chi connectivity index (χ1v) is 7.46. The minimum absolute atomic E-state index is 0.109. The van der Waals surface area contributed by atoms with Gasteiger partial charge in [-0.25, -0.2) is 0 Å². The molecule has 1 saturated carbocycles. The SMILES string of the molecule is NNC(Cc1cnccc1N)C1(c2ccccc2)CCC1. The summed E-state index contributed by atoms with van der Waals surface area (Å²) in [5.74, 6) is 5.89. The van der Waals surface area contributed by atoms with Crippen LogP contribution in [0.1, 0.15) is 30.4 Å². The molecule has 0 bridgehead atoms. The number of anilines is 1. The Morgan fingerprint density at radius 1 is 1.19 bits per heavy atom. The number of aromatic nitrogens is 1. The lowest BCUT2D eigenvalue weighted by atomic mass is 9.59. The summed E-state index contributed by atoms with van der Waals surface area (Å²) in [5.41, 5.74) is 12.4. The minimum Gasteiger partial charge on any atom is -0.398 e. The third-order valence-electron chi connectivity index (χ3n) is 4.83. The number of hydrogen-bond donors (Lipinski definition) is 3. The van der Waals surface area contributed by atoms with Gasteiger partial charge >= 0.3 is 0 Å². The lowest BCUT2D eigenvalue weighted by Gasteiger charge is -2.48. The van der Waals surface area contributed by atoms with Crippen LogP contribution in [0, 0.1) is 0 Å². The van der Waals surface area contributed by atoms with Crippen molar-refractivity contribution in [1.29, 1.82) is 0 Å². The van der Waals surface area contributed by atoms with Crippen LogP contribution in [-0.2, 0) is 11.8 Å². The van der Waals surface area contributed by atoms with Crippen molar-refractivity contribution in [2.24, 2.45) is 5.84 Å². The zero-order valence-electron chi connectivity index (χ0n) is 12.1. The van der Waals surface area contributed by atoms with Crippen molar-refractivity contribution in [3.05, 3.63) is 59.9 Å². The van der Waals surface area contributed by atoms with Crippen molar-refractivity contribution in [2.45, 2.75) is 37.1 Å². The quantitative estimate of drug-likeness (QED) is 0.580. The highest BCUT2D eigenvalue weighted by atomic mass is 15.2. The summed E-state index contributed by atoms with van der Waals surface area (Å²) >= 11 is 0. The molecule has 0 aliphatic heterocycles. The first-order chi connectivity index (χ1) is 10.3. The zero-order chi connectivity index (χ0) is 14.7. The molecule has 2 aromatic rings. The van der Waals surface area contributed by atoms with Crippen molar-refractivity contribution in [1.82, 2.24) is 10.4 Å². The molecule has 1 aromatic heterocycles. The van der Waals surface area contributed by atoms with Crippen LogP contribution in [0.5, 0.6) is 0 Å². The molecule has 0 spiro atoms. The van der Waals surface area contributed by atoms with Crippen LogP contribution in [-0.4, -0.2) is 11.0 Å². The Balaban J connectivity index is 1.90. The number of rotatable bonds is 5. The average molecular weight is 282 g/mol. The van der Waals surface area contributed by atoms with E-state index in [1.54, 1.807) is 6.20 Å². The van der Waals surface area contributed by atoms with E-state index in [4.69, 9.17) is 11.6 Å². The topological polar surface area (TPSA) is 77.0 Å². The molecule has 0 amide bonds. The van der Waals surface area contributed by atoms with Crippen molar-refractivity contribution >= 4 is 5.69 Å². The van der Waals surface area contributed by atoms with Gasteiger partial charge in [0.15, 0.2) is 0 Å². The predicted octanol–water partition coefficient (Wildman–Crippen LogP) is 2.16. The second-order valence-electron chi connectivity index (χ2n) is 5.87. The van der Waals surface area contributed by atoms with Crippen molar-refractivity contribution in [3.8, 4) is 0 Å². The van der Waals surface area contributed by atoms with E-state index in [-0.39, 0.29) is 11.5 Å². The third-order valence-corrected chi connectivity index (χ3v) is 4.83. The minimum atomic E-state index is 0.109. The van der Waals surface area contributed by atoms with Gasteiger partial charge in [-0.15, -0.1) is 0 Å². The summed E-state index contributed by atoms with van der Waals surface area (Å²) in [6.07, 6.45) is 7.93. The molecule has 110 valence electrons. The van der Waals surface area contributed by atoms with Gasteiger partial charge in [-0.3, -0.25) is 16.3 Å². The number of hydrazine groups is 1. The molecule has 0 saturated heterocycles. The monoisotopic (exact) mass is 282 g/mol. The van der Waals surface area contributed by atoms with E-state index in [0.717, 1.165) is 30.5 Å². The van der Waals surface area contributed by atoms with Crippen molar-refractivity contribution in [3.63, 3.8) is 0 Å². The molecule has 1 aliphatic rings. The van der Waals surface area contributed by atoms with Gasteiger partial charge in [0.1, 0.15) is 0 Å². The molecule has 3 rings (SSSR count). The Labute approximate surface area is 125 Å². The lowest BCUT2D eigenvalue weighted by Crippen LogP contribution is -2.56. The number of hydrogen-bond acceptors (Lipinski definition) is 4. The van der Waals surface area contributed by atoms with Gasteiger partial charge in [-0.1, -0.05) is 36.8 Å². The normalized spacial score (nSPS) is 18.0. The van der Waals surface area contributed by atoms with Crippen LogP contribution < -0.4 is 17.0 Å². The predicted molar refractivity (Wildman–Crippen MR) is 85.4 cm³/mol. The molecule has 4 heteroatoms. The van der Waals surface area contributed by atoms with Gasteiger partial charge in [0.2, 0.25) is 0 Å². The van der Waals surface area contributed by atoms with E-state index in [1.165, 1.54) is 12.0 Å². The number of pyridine rings is 1. The Kier molecular flexibility index (Phi) is 3.90. The number of nitrogen functional groups attached to an aromatic ring is 1. The van der Waals surface area contributed by atoms with Crippen LogP contribution in [0.2, 0.25) is 0 Å². The summed E-state index contributed by atoms with van der Waals surface area (Å²) in [7, 11) is 0. The largest absolute Gasteiger partial charge is 0.398 e. The number of nitrogens with one attached hydrogen (secondary N) is 1. The highest BCUT2D eigenvalue weighted by Crippen LogP contribution is 2.47. The molecule has 1 heterocycles. The second-order valence-corrected chi connectivity index (χ2v) is 5.87.